The number of aliphatic hydroxyl groups excluding tert-OH is 1. The second-order valence-corrected chi connectivity index (χ2v) is 15.4. The van der Waals surface area contributed by atoms with E-state index < -0.39 is 12.3 Å². The van der Waals surface area contributed by atoms with Gasteiger partial charge in [-0.1, -0.05) is 0 Å². The first-order chi connectivity index (χ1) is 8.69. The standard InChI is InChI=1S/C11H15AsN2O2S2/c13-11(16)5-14-9-3-1-8(2-4-9)12-17-7-10(6-15)18-12/h1-4,10,14-15H,5-7H2,(H2,13,16). The summed E-state index contributed by atoms with van der Waals surface area (Å²) in [5, 5.41) is 12.5. The molecule has 18 heavy (non-hydrogen) atoms. The van der Waals surface area contributed by atoms with E-state index in [0.717, 1.165) is 11.4 Å². The minimum absolute atomic E-state index is 0.164. The summed E-state index contributed by atoms with van der Waals surface area (Å²) < 4.78 is 1.39. The third-order valence-electron chi connectivity index (χ3n) is 2.37. The predicted octanol–water partition coefficient (Wildman–Crippen LogP) is 0.120. The topological polar surface area (TPSA) is 75.4 Å². The predicted molar refractivity (Wildman–Crippen MR) is 80.4 cm³/mol. The van der Waals surface area contributed by atoms with E-state index in [-0.39, 0.29) is 19.1 Å². The van der Waals surface area contributed by atoms with Crippen LogP contribution in [0.1, 0.15) is 0 Å². The summed E-state index contributed by atoms with van der Waals surface area (Å²) in [4.78, 5) is 10.7. The number of hydrogen-bond donors (Lipinski definition) is 3. The van der Waals surface area contributed by atoms with E-state index in [0.29, 0.717) is 5.25 Å². The molecule has 0 radical (unpaired) electrons. The second-order valence-electron chi connectivity index (χ2n) is 3.83. The molecule has 4 nitrogen and oxygen atoms in total. The number of aliphatic hydroxyl groups is 1. The van der Waals surface area contributed by atoms with Crippen LogP contribution in [-0.2, 0) is 4.79 Å². The third kappa shape index (κ3) is 3.85. The van der Waals surface area contributed by atoms with Gasteiger partial charge in [-0.2, -0.15) is 0 Å². The Morgan fingerprint density at radius 3 is 2.78 bits per heavy atom. The van der Waals surface area contributed by atoms with Crippen molar-refractivity contribution < 1.29 is 9.90 Å². The van der Waals surface area contributed by atoms with Crippen LogP contribution < -0.4 is 15.4 Å². The fourth-order valence-electron chi connectivity index (χ4n) is 1.46. The van der Waals surface area contributed by atoms with Crippen molar-refractivity contribution in [3.05, 3.63) is 24.3 Å². The third-order valence-corrected chi connectivity index (χ3v) is 16.4. The normalized spacial score (nSPS) is 22.9. The van der Waals surface area contributed by atoms with Gasteiger partial charge in [0.25, 0.3) is 0 Å². The molecule has 1 aliphatic rings. The number of nitrogens with two attached hydrogens (primary N) is 1. The Morgan fingerprint density at radius 1 is 1.50 bits per heavy atom. The van der Waals surface area contributed by atoms with E-state index in [2.05, 4.69) is 17.4 Å². The maximum absolute atomic E-state index is 10.7. The van der Waals surface area contributed by atoms with Crippen molar-refractivity contribution in [3.8, 4) is 0 Å². The van der Waals surface area contributed by atoms with E-state index in [4.69, 9.17) is 10.8 Å². The average molecular weight is 346 g/mol. The van der Waals surface area contributed by atoms with Crippen LogP contribution >= 0.6 is 20.0 Å². The van der Waals surface area contributed by atoms with Crippen LogP contribution in [0.2, 0.25) is 0 Å². The monoisotopic (exact) mass is 346 g/mol. The molecule has 0 aliphatic carbocycles. The number of carbonyl (C=O) groups is 1. The minimum atomic E-state index is -1.09. The summed E-state index contributed by atoms with van der Waals surface area (Å²) in [6, 6.07) is 8.20. The molecule has 2 rings (SSSR count). The molecular weight excluding hydrogens is 331 g/mol. The van der Waals surface area contributed by atoms with Crippen LogP contribution in [0.15, 0.2) is 24.3 Å². The molecule has 1 fully saturated rings. The maximum atomic E-state index is 10.7. The molecule has 0 spiro atoms. The van der Waals surface area contributed by atoms with Gasteiger partial charge in [-0.15, -0.1) is 0 Å². The van der Waals surface area contributed by atoms with Gasteiger partial charge in [0.05, 0.1) is 0 Å². The second kappa shape index (κ2) is 6.75. The molecule has 1 amide bonds. The summed E-state index contributed by atoms with van der Waals surface area (Å²) in [6.45, 7) is 0.442. The van der Waals surface area contributed by atoms with Gasteiger partial charge in [0.1, 0.15) is 0 Å². The first kappa shape index (κ1) is 14.1. The van der Waals surface area contributed by atoms with E-state index in [1.54, 1.807) is 0 Å². The van der Waals surface area contributed by atoms with Gasteiger partial charge < -0.3 is 0 Å². The molecule has 98 valence electrons. The number of primary amides is 1. The quantitative estimate of drug-likeness (QED) is 0.661. The van der Waals surface area contributed by atoms with Crippen LogP contribution in [0.25, 0.3) is 0 Å². The van der Waals surface area contributed by atoms with Crippen molar-refractivity contribution >= 4 is 48.3 Å². The van der Waals surface area contributed by atoms with Gasteiger partial charge in [0, 0.05) is 0 Å². The summed E-state index contributed by atoms with van der Waals surface area (Å²) in [5.41, 5.74) is 5.99. The first-order valence-electron chi connectivity index (χ1n) is 5.52. The molecule has 4 N–H and O–H groups in total. The molecule has 0 saturated carbocycles. The number of amides is 1. The molecular formula is C11H15AsN2O2S2. The van der Waals surface area contributed by atoms with Crippen molar-refractivity contribution in [3.63, 3.8) is 0 Å². The van der Waals surface area contributed by atoms with Gasteiger partial charge in [-0.05, 0) is 0 Å². The van der Waals surface area contributed by atoms with E-state index in [1.165, 1.54) is 4.35 Å². The summed E-state index contributed by atoms with van der Waals surface area (Å²) >= 11 is -1.09. The van der Waals surface area contributed by atoms with Crippen LogP contribution in [0, 0.1) is 0 Å². The van der Waals surface area contributed by atoms with Crippen molar-refractivity contribution in [1.29, 1.82) is 0 Å². The SMILES string of the molecule is NC(=O)CNc1ccc([As]2SCC(CO)S2)cc1. The summed E-state index contributed by atoms with van der Waals surface area (Å²) in [7, 11) is 3.96. The van der Waals surface area contributed by atoms with Crippen molar-refractivity contribution in [1.82, 2.24) is 0 Å². The number of benzene rings is 1. The Morgan fingerprint density at radius 2 is 2.22 bits per heavy atom. The molecule has 1 heterocycles. The molecule has 1 aromatic rings. The number of nitrogens with one attached hydrogen (secondary N) is 1. The first-order valence-corrected chi connectivity index (χ1v) is 12.8. The molecule has 0 bridgehead atoms. The zero-order valence-electron chi connectivity index (χ0n) is 9.70. The zero-order chi connectivity index (χ0) is 13.0. The molecule has 1 saturated heterocycles. The Kier molecular flexibility index (Phi) is 5.30. The Labute approximate surface area is 117 Å². The Hall–Kier alpha value is -0.292. The van der Waals surface area contributed by atoms with E-state index in [1.807, 2.05) is 32.2 Å². The van der Waals surface area contributed by atoms with Crippen molar-refractivity contribution in [2.75, 3.05) is 24.2 Å². The number of rotatable bonds is 5. The van der Waals surface area contributed by atoms with E-state index >= 15 is 0 Å². The molecule has 2 atom stereocenters. The van der Waals surface area contributed by atoms with Gasteiger partial charge in [-0.25, -0.2) is 0 Å². The van der Waals surface area contributed by atoms with Gasteiger partial charge in [-0.3, -0.25) is 0 Å². The Balaban J connectivity index is 1.93. The fraction of sp³-hybridized carbons (Fsp3) is 0.364. The van der Waals surface area contributed by atoms with Crippen LogP contribution in [0.4, 0.5) is 5.69 Å². The number of anilines is 1. The van der Waals surface area contributed by atoms with Crippen LogP contribution in [0.3, 0.4) is 0 Å². The number of carbonyl (C=O) groups excluding carboxylic acids is 1. The molecule has 0 aromatic heterocycles. The summed E-state index contributed by atoms with van der Waals surface area (Å²) in [6.07, 6.45) is 0. The average Bonchev–Trinajstić information content (AvgIpc) is 2.85. The van der Waals surface area contributed by atoms with Gasteiger partial charge in [0.2, 0.25) is 0 Å². The number of hydrogen-bond acceptors (Lipinski definition) is 5. The van der Waals surface area contributed by atoms with E-state index in [9.17, 15) is 4.79 Å². The van der Waals surface area contributed by atoms with Gasteiger partial charge >= 0.3 is 118 Å². The van der Waals surface area contributed by atoms with Crippen molar-refractivity contribution in [2.45, 2.75) is 5.25 Å². The Bertz CT molecular complexity index is 416. The zero-order valence-corrected chi connectivity index (χ0v) is 13.2. The van der Waals surface area contributed by atoms with Crippen LogP contribution in [-0.4, -0.2) is 47.5 Å². The van der Waals surface area contributed by atoms with Crippen LogP contribution in [0.5, 0.6) is 0 Å². The molecule has 2 unspecified atom stereocenters. The molecule has 1 aliphatic heterocycles. The van der Waals surface area contributed by atoms with Gasteiger partial charge in [0.15, 0.2) is 0 Å². The summed E-state index contributed by atoms with van der Waals surface area (Å²) in [5.74, 6) is 0.699. The fourth-order valence-corrected chi connectivity index (χ4v) is 16.9. The molecule has 1 aromatic carbocycles. The molecule has 7 heteroatoms. The van der Waals surface area contributed by atoms with Crippen molar-refractivity contribution in [2.24, 2.45) is 5.73 Å².